The topological polar surface area (TPSA) is 62.7 Å². The second kappa shape index (κ2) is 6.08. The normalized spacial score (nSPS) is 15.5. The third kappa shape index (κ3) is 5.40. The summed E-state index contributed by atoms with van der Waals surface area (Å²) in [6.07, 6.45) is -9.15. The Labute approximate surface area is 120 Å². The van der Waals surface area contributed by atoms with Crippen LogP contribution in [-0.4, -0.2) is 39.4 Å². The van der Waals surface area contributed by atoms with Crippen LogP contribution in [-0.2, 0) is 0 Å². The van der Waals surface area contributed by atoms with Crippen molar-refractivity contribution in [2.45, 2.75) is 38.3 Å². The number of halogens is 7. The van der Waals surface area contributed by atoms with E-state index in [9.17, 15) is 26.3 Å². The first-order valence-corrected chi connectivity index (χ1v) is 5.85. The predicted octanol–water partition coefficient (Wildman–Crippen LogP) is 3.25. The molecular weight excluding hydrogens is 328 g/mol. The molecule has 1 heterocycles. The lowest BCUT2D eigenvalue weighted by molar-refractivity contribution is -0.139. The van der Waals surface area contributed by atoms with Gasteiger partial charge in [-0.3, -0.25) is 0 Å². The highest BCUT2D eigenvalue weighted by atomic mass is 35.5. The Balaban J connectivity index is 2.90. The highest BCUT2D eigenvalue weighted by molar-refractivity contribution is 6.28. The maximum Gasteiger partial charge on any atom is 0.408 e. The molecule has 0 radical (unpaired) electrons. The summed E-state index contributed by atoms with van der Waals surface area (Å²) >= 11 is 5.44. The summed E-state index contributed by atoms with van der Waals surface area (Å²) in [7, 11) is 0. The van der Waals surface area contributed by atoms with Crippen LogP contribution in [0.4, 0.5) is 38.2 Å². The molecule has 120 valence electrons. The van der Waals surface area contributed by atoms with E-state index in [-0.39, 0.29) is 0 Å². The SMILES string of the molecule is C[C@H](Nc1nc(Cl)nc(N[C@@H](C)C(F)(F)F)n1)C(F)(F)F. The monoisotopic (exact) mass is 337 g/mol. The number of nitrogens with zero attached hydrogens (tertiary/aromatic N) is 3. The van der Waals surface area contributed by atoms with E-state index >= 15 is 0 Å². The third-order valence-corrected chi connectivity index (χ3v) is 2.45. The molecule has 1 aromatic rings. The second-order valence-electron chi connectivity index (χ2n) is 4.07. The van der Waals surface area contributed by atoms with Crippen molar-refractivity contribution >= 4 is 23.5 Å². The van der Waals surface area contributed by atoms with Crippen LogP contribution in [0.2, 0.25) is 5.28 Å². The van der Waals surface area contributed by atoms with Crippen LogP contribution in [0.3, 0.4) is 0 Å². The van der Waals surface area contributed by atoms with Crippen LogP contribution in [0.1, 0.15) is 13.8 Å². The molecule has 0 saturated heterocycles. The first-order chi connectivity index (χ1) is 9.39. The molecule has 0 aliphatic rings. The van der Waals surface area contributed by atoms with Crippen LogP contribution in [0.15, 0.2) is 0 Å². The van der Waals surface area contributed by atoms with Gasteiger partial charge < -0.3 is 10.6 Å². The van der Waals surface area contributed by atoms with Gasteiger partial charge in [-0.1, -0.05) is 0 Å². The minimum Gasteiger partial charge on any atom is -0.343 e. The standard InChI is InChI=1S/C9H10ClF6N5/c1-3(8(11,12)13)17-6-19-5(10)20-7(21-6)18-4(2)9(14,15)16/h3-4H,1-2H3,(H2,17,18,19,20,21)/t3-,4-/m0/s1. The smallest absolute Gasteiger partial charge is 0.343 e. The van der Waals surface area contributed by atoms with Gasteiger partial charge in [0.2, 0.25) is 17.2 Å². The van der Waals surface area contributed by atoms with E-state index in [2.05, 4.69) is 15.0 Å². The largest absolute Gasteiger partial charge is 0.408 e. The molecule has 0 amide bonds. The van der Waals surface area contributed by atoms with Crippen LogP contribution < -0.4 is 10.6 Å². The summed E-state index contributed by atoms with van der Waals surface area (Å²) < 4.78 is 74.2. The molecule has 0 bridgehead atoms. The zero-order valence-corrected chi connectivity index (χ0v) is 11.4. The van der Waals surface area contributed by atoms with Crippen LogP contribution in [0, 0.1) is 0 Å². The predicted molar refractivity (Wildman–Crippen MR) is 63.1 cm³/mol. The Kier molecular flexibility index (Phi) is 5.07. The van der Waals surface area contributed by atoms with Crippen molar-refractivity contribution in [3.63, 3.8) is 0 Å². The Morgan fingerprint density at radius 3 is 1.43 bits per heavy atom. The molecule has 2 N–H and O–H groups in total. The minimum absolute atomic E-state index is 0.543. The third-order valence-electron chi connectivity index (χ3n) is 2.28. The molecule has 0 spiro atoms. The van der Waals surface area contributed by atoms with E-state index in [0.29, 0.717) is 0 Å². The van der Waals surface area contributed by atoms with E-state index in [1.165, 1.54) is 0 Å². The van der Waals surface area contributed by atoms with Gasteiger partial charge in [0.15, 0.2) is 0 Å². The summed E-state index contributed by atoms with van der Waals surface area (Å²) in [6, 6.07) is -4.02. The summed E-state index contributed by atoms with van der Waals surface area (Å²) in [6.45, 7) is 1.59. The fraction of sp³-hybridized carbons (Fsp3) is 0.667. The molecule has 12 heteroatoms. The van der Waals surface area contributed by atoms with Crippen molar-refractivity contribution in [1.29, 1.82) is 0 Å². The van der Waals surface area contributed by atoms with Gasteiger partial charge in [0.05, 0.1) is 0 Å². The molecule has 2 atom stereocenters. The highest BCUT2D eigenvalue weighted by Gasteiger charge is 2.38. The van der Waals surface area contributed by atoms with Crippen LogP contribution in [0.5, 0.6) is 0 Å². The molecule has 0 aromatic carbocycles. The van der Waals surface area contributed by atoms with Gasteiger partial charge in [-0.2, -0.15) is 41.3 Å². The lowest BCUT2D eigenvalue weighted by atomic mass is 10.3. The van der Waals surface area contributed by atoms with Gasteiger partial charge in [0.25, 0.3) is 0 Å². The Morgan fingerprint density at radius 1 is 0.810 bits per heavy atom. The second-order valence-corrected chi connectivity index (χ2v) is 4.40. The van der Waals surface area contributed by atoms with Crippen molar-refractivity contribution in [1.82, 2.24) is 15.0 Å². The zero-order chi connectivity index (χ0) is 16.4. The zero-order valence-electron chi connectivity index (χ0n) is 10.6. The summed E-state index contributed by atoms with van der Waals surface area (Å²) in [5, 5.41) is 3.22. The molecule has 0 fully saturated rings. The van der Waals surface area contributed by atoms with Gasteiger partial charge in [-0.25, -0.2) is 0 Å². The van der Waals surface area contributed by atoms with Crippen LogP contribution >= 0.6 is 11.6 Å². The molecule has 1 aromatic heterocycles. The summed E-state index contributed by atoms with van der Waals surface area (Å²) in [4.78, 5) is 10.1. The molecule has 0 aliphatic carbocycles. The number of alkyl halides is 6. The van der Waals surface area contributed by atoms with Gasteiger partial charge in [-0.15, -0.1) is 0 Å². The van der Waals surface area contributed by atoms with E-state index in [1.54, 1.807) is 0 Å². The molecule has 0 aliphatic heterocycles. The maximum atomic E-state index is 12.4. The van der Waals surface area contributed by atoms with E-state index < -0.39 is 41.6 Å². The number of aromatic nitrogens is 3. The van der Waals surface area contributed by atoms with Gasteiger partial charge in [0.1, 0.15) is 12.1 Å². The quantitative estimate of drug-likeness (QED) is 0.826. The fourth-order valence-corrected chi connectivity index (χ4v) is 1.19. The lowest BCUT2D eigenvalue weighted by Crippen LogP contribution is -2.35. The highest BCUT2D eigenvalue weighted by Crippen LogP contribution is 2.24. The Bertz CT molecular complexity index is 450. The number of hydrogen-bond acceptors (Lipinski definition) is 5. The number of rotatable bonds is 4. The van der Waals surface area contributed by atoms with Crippen molar-refractivity contribution in [2.24, 2.45) is 0 Å². The molecular formula is C9H10ClF6N5. The summed E-state index contributed by atoms with van der Waals surface area (Å²) in [5.74, 6) is -1.17. The van der Waals surface area contributed by atoms with Crippen molar-refractivity contribution in [3.8, 4) is 0 Å². The first kappa shape index (κ1) is 17.5. The number of anilines is 2. The maximum absolute atomic E-state index is 12.4. The van der Waals surface area contributed by atoms with E-state index in [1.807, 2.05) is 10.6 Å². The average molecular weight is 338 g/mol. The molecule has 5 nitrogen and oxygen atoms in total. The van der Waals surface area contributed by atoms with E-state index in [4.69, 9.17) is 11.6 Å². The average Bonchev–Trinajstić information content (AvgIpc) is 2.25. The molecule has 0 unspecified atom stereocenters. The molecule has 1 rings (SSSR count). The van der Waals surface area contributed by atoms with Crippen LogP contribution in [0.25, 0.3) is 0 Å². The van der Waals surface area contributed by atoms with Gasteiger partial charge in [0, 0.05) is 0 Å². The van der Waals surface area contributed by atoms with Gasteiger partial charge in [-0.05, 0) is 25.4 Å². The fourth-order valence-electron chi connectivity index (χ4n) is 1.03. The van der Waals surface area contributed by atoms with Crippen molar-refractivity contribution in [3.05, 3.63) is 5.28 Å². The van der Waals surface area contributed by atoms with Crippen molar-refractivity contribution in [2.75, 3.05) is 10.6 Å². The van der Waals surface area contributed by atoms with E-state index in [0.717, 1.165) is 13.8 Å². The molecule has 21 heavy (non-hydrogen) atoms. The Morgan fingerprint density at radius 2 is 1.14 bits per heavy atom. The summed E-state index contributed by atoms with van der Waals surface area (Å²) in [5.41, 5.74) is 0. The molecule has 0 saturated carbocycles. The Hall–Kier alpha value is -1.52. The van der Waals surface area contributed by atoms with Gasteiger partial charge >= 0.3 is 12.4 Å². The minimum atomic E-state index is -4.58. The first-order valence-electron chi connectivity index (χ1n) is 5.47. The lowest BCUT2D eigenvalue weighted by Gasteiger charge is -2.19. The number of hydrogen-bond donors (Lipinski definition) is 2. The number of nitrogens with one attached hydrogen (secondary N) is 2. The van der Waals surface area contributed by atoms with Crippen molar-refractivity contribution < 1.29 is 26.3 Å².